The molecule has 2 heteroatoms. The van der Waals surface area contributed by atoms with Gasteiger partial charge in [-0.25, -0.2) is 0 Å². The predicted molar refractivity (Wildman–Crippen MR) is 60.2 cm³/mol. The van der Waals surface area contributed by atoms with Crippen molar-refractivity contribution in [3.8, 4) is 0 Å². The molecule has 1 aliphatic carbocycles. The van der Waals surface area contributed by atoms with Crippen LogP contribution in [0.2, 0.25) is 0 Å². The number of nitrogens with one attached hydrogen (secondary N) is 1. The molecule has 14 heavy (non-hydrogen) atoms. The highest BCUT2D eigenvalue weighted by atomic mass is 16.5. The Hall–Kier alpha value is -0.760. The van der Waals surface area contributed by atoms with Crippen LogP contribution in [0.15, 0.2) is 23.5 Å². The standard InChI is InChI=1S/C12H21NO/c1-9(2)13-8-11-6-5-7-12(11)10(3)14-4/h9,13H,3,5-8H2,1-2,4H3. The number of allylic oxidation sites excluding steroid dienone is 1. The van der Waals surface area contributed by atoms with Crippen molar-refractivity contribution in [3.63, 3.8) is 0 Å². The third-order valence-corrected chi connectivity index (χ3v) is 2.64. The van der Waals surface area contributed by atoms with Gasteiger partial charge in [-0.3, -0.25) is 0 Å². The molecule has 2 nitrogen and oxygen atoms in total. The first kappa shape index (κ1) is 11.3. The summed E-state index contributed by atoms with van der Waals surface area (Å²) in [5.74, 6) is 0.850. The Balaban J connectivity index is 2.58. The molecule has 0 saturated carbocycles. The van der Waals surface area contributed by atoms with Crippen LogP contribution in [0.4, 0.5) is 0 Å². The number of ether oxygens (including phenoxy) is 1. The molecule has 0 fully saturated rings. The average molecular weight is 195 g/mol. The van der Waals surface area contributed by atoms with Crippen molar-refractivity contribution >= 4 is 0 Å². The van der Waals surface area contributed by atoms with Crippen molar-refractivity contribution in [2.45, 2.75) is 39.2 Å². The van der Waals surface area contributed by atoms with Crippen molar-refractivity contribution in [1.82, 2.24) is 5.32 Å². The molecule has 0 aromatic rings. The van der Waals surface area contributed by atoms with Gasteiger partial charge >= 0.3 is 0 Å². The molecule has 0 aromatic heterocycles. The molecule has 0 unspecified atom stereocenters. The lowest BCUT2D eigenvalue weighted by molar-refractivity contribution is 0.300. The van der Waals surface area contributed by atoms with Crippen LogP contribution in [0.1, 0.15) is 33.1 Å². The summed E-state index contributed by atoms with van der Waals surface area (Å²) < 4.78 is 5.19. The lowest BCUT2D eigenvalue weighted by Gasteiger charge is -2.12. The molecule has 1 aliphatic rings. The molecule has 80 valence electrons. The van der Waals surface area contributed by atoms with Gasteiger partial charge in [0, 0.05) is 12.6 Å². The summed E-state index contributed by atoms with van der Waals surface area (Å²) in [7, 11) is 1.70. The summed E-state index contributed by atoms with van der Waals surface area (Å²) in [5, 5.41) is 3.44. The highest BCUT2D eigenvalue weighted by Crippen LogP contribution is 2.30. The second kappa shape index (κ2) is 5.20. The van der Waals surface area contributed by atoms with E-state index in [2.05, 4.69) is 25.7 Å². The SMILES string of the molecule is C=C(OC)C1=C(CNC(C)C)CCC1. The van der Waals surface area contributed by atoms with E-state index in [0.717, 1.165) is 18.7 Å². The van der Waals surface area contributed by atoms with E-state index in [1.54, 1.807) is 7.11 Å². The molecule has 0 aliphatic heterocycles. The molecule has 0 bridgehead atoms. The maximum atomic E-state index is 5.19. The minimum Gasteiger partial charge on any atom is -0.497 e. The quantitative estimate of drug-likeness (QED) is 0.681. The van der Waals surface area contributed by atoms with Crippen LogP contribution in [0.25, 0.3) is 0 Å². The minimum atomic E-state index is 0.542. The maximum absolute atomic E-state index is 5.19. The molecule has 1 N–H and O–H groups in total. The Morgan fingerprint density at radius 3 is 2.79 bits per heavy atom. The van der Waals surface area contributed by atoms with Crippen molar-refractivity contribution in [2.24, 2.45) is 0 Å². The van der Waals surface area contributed by atoms with Gasteiger partial charge < -0.3 is 10.1 Å². The zero-order valence-corrected chi connectivity index (χ0v) is 9.52. The Labute approximate surface area is 87.0 Å². The summed E-state index contributed by atoms with van der Waals surface area (Å²) in [6.45, 7) is 9.24. The molecule has 0 aromatic carbocycles. The van der Waals surface area contributed by atoms with E-state index in [1.807, 2.05) is 0 Å². The van der Waals surface area contributed by atoms with E-state index in [0.29, 0.717) is 6.04 Å². The van der Waals surface area contributed by atoms with Crippen molar-refractivity contribution < 1.29 is 4.74 Å². The lowest BCUT2D eigenvalue weighted by Crippen LogP contribution is -2.25. The van der Waals surface area contributed by atoms with E-state index >= 15 is 0 Å². The van der Waals surface area contributed by atoms with Crippen molar-refractivity contribution in [3.05, 3.63) is 23.5 Å². The van der Waals surface area contributed by atoms with E-state index in [-0.39, 0.29) is 0 Å². The number of rotatable bonds is 5. The fourth-order valence-corrected chi connectivity index (χ4v) is 1.79. The van der Waals surface area contributed by atoms with E-state index in [9.17, 15) is 0 Å². The first-order chi connectivity index (χ1) is 6.65. The van der Waals surface area contributed by atoms with Crippen LogP contribution in [-0.2, 0) is 4.74 Å². The molecule has 0 heterocycles. The second-order valence-corrected chi connectivity index (χ2v) is 4.10. The molecule has 1 rings (SSSR count). The number of methoxy groups -OCH3 is 1. The monoisotopic (exact) mass is 195 g/mol. The summed E-state index contributed by atoms with van der Waals surface area (Å²) in [5.41, 5.74) is 2.81. The average Bonchev–Trinajstić information content (AvgIpc) is 2.61. The largest absolute Gasteiger partial charge is 0.497 e. The highest BCUT2D eigenvalue weighted by Gasteiger charge is 2.17. The van der Waals surface area contributed by atoms with Crippen LogP contribution in [0, 0.1) is 0 Å². The maximum Gasteiger partial charge on any atom is 0.114 e. The molecule has 0 atom stereocenters. The molecular formula is C12H21NO. The van der Waals surface area contributed by atoms with Gasteiger partial charge in [0.15, 0.2) is 0 Å². The molecule has 0 radical (unpaired) electrons. The molecule has 0 amide bonds. The highest BCUT2D eigenvalue weighted by molar-refractivity contribution is 5.33. The van der Waals surface area contributed by atoms with Gasteiger partial charge in [-0.2, -0.15) is 0 Å². The third-order valence-electron chi connectivity index (χ3n) is 2.64. The molecule has 0 saturated heterocycles. The minimum absolute atomic E-state index is 0.542. The van der Waals surface area contributed by atoms with Crippen LogP contribution >= 0.6 is 0 Å². The lowest BCUT2D eigenvalue weighted by atomic mass is 10.1. The van der Waals surface area contributed by atoms with E-state index in [1.165, 1.54) is 24.0 Å². The van der Waals surface area contributed by atoms with Crippen molar-refractivity contribution in [2.75, 3.05) is 13.7 Å². The van der Waals surface area contributed by atoms with Gasteiger partial charge in [-0.15, -0.1) is 0 Å². The Morgan fingerprint density at radius 1 is 1.50 bits per heavy atom. The van der Waals surface area contributed by atoms with Crippen LogP contribution in [0.3, 0.4) is 0 Å². The Morgan fingerprint density at radius 2 is 2.21 bits per heavy atom. The topological polar surface area (TPSA) is 21.3 Å². The first-order valence-electron chi connectivity index (χ1n) is 5.32. The van der Waals surface area contributed by atoms with Crippen LogP contribution < -0.4 is 5.32 Å². The predicted octanol–water partition coefficient (Wildman–Crippen LogP) is 2.63. The van der Waals surface area contributed by atoms with Crippen LogP contribution in [-0.4, -0.2) is 19.7 Å². The second-order valence-electron chi connectivity index (χ2n) is 4.10. The fraction of sp³-hybridized carbons (Fsp3) is 0.667. The van der Waals surface area contributed by atoms with Gasteiger partial charge in [-0.05, 0) is 30.4 Å². The van der Waals surface area contributed by atoms with Crippen molar-refractivity contribution in [1.29, 1.82) is 0 Å². The Bertz CT molecular complexity index is 241. The Kier molecular flexibility index (Phi) is 4.21. The normalized spacial score (nSPS) is 16.6. The van der Waals surface area contributed by atoms with Gasteiger partial charge in [-0.1, -0.05) is 20.4 Å². The van der Waals surface area contributed by atoms with Gasteiger partial charge in [0.1, 0.15) is 5.76 Å². The zero-order valence-electron chi connectivity index (χ0n) is 9.52. The third kappa shape index (κ3) is 2.88. The van der Waals surface area contributed by atoms with E-state index in [4.69, 9.17) is 4.74 Å². The number of hydrogen-bond acceptors (Lipinski definition) is 2. The van der Waals surface area contributed by atoms with E-state index < -0.39 is 0 Å². The number of hydrogen-bond donors (Lipinski definition) is 1. The van der Waals surface area contributed by atoms with Gasteiger partial charge in [0.2, 0.25) is 0 Å². The van der Waals surface area contributed by atoms with Crippen LogP contribution in [0.5, 0.6) is 0 Å². The fourth-order valence-electron chi connectivity index (χ4n) is 1.79. The molecular weight excluding hydrogens is 174 g/mol. The first-order valence-corrected chi connectivity index (χ1v) is 5.32. The zero-order chi connectivity index (χ0) is 10.6. The summed E-state index contributed by atoms with van der Waals surface area (Å²) in [4.78, 5) is 0. The summed E-state index contributed by atoms with van der Waals surface area (Å²) >= 11 is 0. The summed E-state index contributed by atoms with van der Waals surface area (Å²) in [6, 6.07) is 0.542. The smallest absolute Gasteiger partial charge is 0.114 e. The molecule has 0 spiro atoms. The van der Waals surface area contributed by atoms with Gasteiger partial charge in [0.25, 0.3) is 0 Å². The van der Waals surface area contributed by atoms with Gasteiger partial charge in [0.05, 0.1) is 7.11 Å². The summed E-state index contributed by atoms with van der Waals surface area (Å²) in [6.07, 6.45) is 3.56.